The van der Waals surface area contributed by atoms with Crippen LogP contribution in [-0.4, -0.2) is 9.97 Å². The topological polar surface area (TPSA) is 73.6 Å². The second-order valence-corrected chi connectivity index (χ2v) is 4.76. The van der Waals surface area contributed by atoms with Gasteiger partial charge in [-0.1, -0.05) is 17.7 Å². The van der Waals surface area contributed by atoms with Crippen LogP contribution in [0.1, 0.15) is 22.3 Å². The first-order valence-electron chi connectivity index (χ1n) is 6.38. The fraction of sp³-hybridized carbons (Fsp3) is 0.267. The van der Waals surface area contributed by atoms with Gasteiger partial charge in [0, 0.05) is 12.6 Å². The number of hydrogen-bond donors (Lipinski definition) is 2. The van der Waals surface area contributed by atoms with Crippen molar-refractivity contribution in [2.45, 2.75) is 27.3 Å². The van der Waals surface area contributed by atoms with Crippen LogP contribution in [0.4, 0.5) is 11.6 Å². The van der Waals surface area contributed by atoms with Crippen LogP contribution in [0.5, 0.6) is 0 Å². The molecule has 0 aliphatic heterocycles. The van der Waals surface area contributed by atoms with Crippen LogP contribution in [0.15, 0.2) is 24.5 Å². The van der Waals surface area contributed by atoms with E-state index in [1.807, 2.05) is 6.19 Å². The van der Waals surface area contributed by atoms with Crippen LogP contribution in [-0.2, 0) is 6.54 Å². The summed E-state index contributed by atoms with van der Waals surface area (Å²) < 4.78 is 0. The zero-order valence-corrected chi connectivity index (χ0v) is 11.9. The monoisotopic (exact) mass is 267 g/mol. The maximum absolute atomic E-state index is 8.58. The third kappa shape index (κ3) is 3.23. The van der Waals surface area contributed by atoms with Gasteiger partial charge in [0.25, 0.3) is 0 Å². The minimum Gasteiger partial charge on any atom is -0.366 e. The normalized spacial score (nSPS) is 9.90. The molecule has 0 aliphatic carbocycles. The minimum absolute atomic E-state index is 0.488. The van der Waals surface area contributed by atoms with Gasteiger partial charge in [0.2, 0.25) is 0 Å². The molecule has 5 heteroatoms. The molecule has 0 amide bonds. The zero-order valence-electron chi connectivity index (χ0n) is 11.9. The SMILES string of the molecule is Cc1cc(C)c(CNc2cc(NC#N)ncn2)c(C)c1. The van der Waals surface area contributed by atoms with Crippen molar-refractivity contribution in [3.8, 4) is 6.19 Å². The van der Waals surface area contributed by atoms with Gasteiger partial charge in [-0.2, -0.15) is 5.26 Å². The molecule has 0 saturated carbocycles. The lowest BCUT2D eigenvalue weighted by Gasteiger charge is -2.13. The number of aromatic nitrogens is 2. The van der Waals surface area contributed by atoms with E-state index in [0.29, 0.717) is 18.2 Å². The molecular formula is C15H17N5. The Morgan fingerprint density at radius 2 is 1.70 bits per heavy atom. The fourth-order valence-corrected chi connectivity index (χ4v) is 2.25. The standard InChI is InChI=1S/C15H17N5/c1-10-4-11(2)13(12(3)5-10)7-17-14-6-15(18-8-16)20-9-19-14/h4-6,9H,7H2,1-3H3,(H2,17,18,19,20). The molecule has 0 saturated heterocycles. The van der Waals surface area contributed by atoms with Crippen molar-refractivity contribution in [3.05, 3.63) is 46.8 Å². The molecule has 2 N–H and O–H groups in total. The molecule has 5 nitrogen and oxygen atoms in total. The zero-order chi connectivity index (χ0) is 14.5. The first kappa shape index (κ1) is 13.8. The average Bonchev–Trinajstić information content (AvgIpc) is 2.38. The van der Waals surface area contributed by atoms with E-state index < -0.39 is 0 Å². The Kier molecular flexibility index (Phi) is 4.16. The highest BCUT2D eigenvalue weighted by Crippen LogP contribution is 2.18. The first-order chi connectivity index (χ1) is 9.60. The van der Waals surface area contributed by atoms with E-state index in [1.54, 1.807) is 6.07 Å². The number of nitrogens with one attached hydrogen (secondary N) is 2. The second kappa shape index (κ2) is 6.02. The van der Waals surface area contributed by atoms with E-state index in [4.69, 9.17) is 5.26 Å². The van der Waals surface area contributed by atoms with Crippen molar-refractivity contribution in [3.63, 3.8) is 0 Å². The maximum Gasteiger partial charge on any atom is 0.182 e. The first-order valence-corrected chi connectivity index (χ1v) is 6.38. The van der Waals surface area contributed by atoms with E-state index in [1.165, 1.54) is 28.6 Å². The summed E-state index contributed by atoms with van der Waals surface area (Å²) in [5.74, 6) is 1.18. The lowest BCUT2D eigenvalue weighted by molar-refractivity contribution is 1.05. The van der Waals surface area contributed by atoms with Crippen LogP contribution < -0.4 is 10.6 Å². The molecule has 0 fully saturated rings. The predicted molar refractivity (Wildman–Crippen MR) is 79.2 cm³/mol. The molecule has 102 valence electrons. The average molecular weight is 267 g/mol. The van der Waals surface area contributed by atoms with E-state index in [0.717, 1.165) is 0 Å². The highest BCUT2D eigenvalue weighted by atomic mass is 15.1. The summed E-state index contributed by atoms with van der Waals surface area (Å²) in [5, 5.41) is 14.3. The fourth-order valence-electron chi connectivity index (χ4n) is 2.25. The highest BCUT2D eigenvalue weighted by molar-refractivity contribution is 5.49. The van der Waals surface area contributed by atoms with Crippen molar-refractivity contribution < 1.29 is 0 Å². The molecule has 0 aliphatic rings. The van der Waals surface area contributed by atoms with Crippen LogP contribution >= 0.6 is 0 Å². The van der Waals surface area contributed by atoms with Gasteiger partial charge in [0.15, 0.2) is 6.19 Å². The Hall–Kier alpha value is -2.61. The lowest BCUT2D eigenvalue weighted by Crippen LogP contribution is -2.06. The number of benzene rings is 1. The Morgan fingerprint density at radius 1 is 1.05 bits per heavy atom. The van der Waals surface area contributed by atoms with E-state index in [2.05, 4.69) is 53.5 Å². The Labute approximate surface area is 118 Å². The van der Waals surface area contributed by atoms with Crippen molar-refractivity contribution in [1.29, 1.82) is 5.26 Å². The van der Waals surface area contributed by atoms with Gasteiger partial charge in [-0.05, 0) is 37.5 Å². The van der Waals surface area contributed by atoms with Crippen molar-refractivity contribution in [1.82, 2.24) is 9.97 Å². The molecule has 0 unspecified atom stereocenters. The number of rotatable bonds is 4. The molecule has 2 rings (SSSR count). The summed E-state index contributed by atoms with van der Waals surface area (Å²) in [6.07, 6.45) is 3.27. The van der Waals surface area contributed by atoms with Crippen LogP contribution in [0.25, 0.3) is 0 Å². The number of nitrogens with zero attached hydrogens (tertiary/aromatic N) is 3. The summed E-state index contributed by atoms with van der Waals surface area (Å²) in [5.41, 5.74) is 5.06. The van der Waals surface area contributed by atoms with Crippen molar-refractivity contribution in [2.24, 2.45) is 0 Å². The van der Waals surface area contributed by atoms with Crippen molar-refractivity contribution >= 4 is 11.6 Å². The predicted octanol–water partition coefficient (Wildman–Crippen LogP) is 2.91. The molecular weight excluding hydrogens is 250 g/mol. The minimum atomic E-state index is 0.488. The summed E-state index contributed by atoms with van der Waals surface area (Å²) in [6, 6.07) is 6.06. The quantitative estimate of drug-likeness (QED) is 0.658. The molecule has 20 heavy (non-hydrogen) atoms. The smallest absolute Gasteiger partial charge is 0.182 e. The number of hydrogen-bond acceptors (Lipinski definition) is 5. The third-order valence-electron chi connectivity index (χ3n) is 3.14. The molecule has 0 spiro atoms. The highest BCUT2D eigenvalue weighted by Gasteiger charge is 2.04. The van der Waals surface area contributed by atoms with Gasteiger partial charge in [-0.3, -0.25) is 5.32 Å². The van der Waals surface area contributed by atoms with E-state index in [9.17, 15) is 0 Å². The number of nitriles is 1. The molecule has 0 atom stereocenters. The van der Waals surface area contributed by atoms with Gasteiger partial charge in [0.1, 0.15) is 18.0 Å². The summed E-state index contributed by atoms with van der Waals surface area (Å²) >= 11 is 0. The Morgan fingerprint density at radius 3 is 2.35 bits per heavy atom. The summed E-state index contributed by atoms with van der Waals surface area (Å²) in [7, 11) is 0. The van der Waals surface area contributed by atoms with E-state index >= 15 is 0 Å². The Bertz CT molecular complexity index is 635. The third-order valence-corrected chi connectivity index (χ3v) is 3.14. The van der Waals surface area contributed by atoms with Crippen LogP contribution in [0, 0.1) is 32.2 Å². The molecule has 2 aromatic rings. The lowest BCUT2D eigenvalue weighted by atomic mass is 10.00. The summed E-state index contributed by atoms with van der Waals surface area (Å²) in [4.78, 5) is 8.09. The molecule has 1 aromatic heterocycles. The van der Waals surface area contributed by atoms with Gasteiger partial charge in [0.05, 0.1) is 0 Å². The largest absolute Gasteiger partial charge is 0.366 e. The van der Waals surface area contributed by atoms with Gasteiger partial charge < -0.3 is 5.32 Å². The molecule has 0 radical (unpaired) electrons. The second-order valence-electron chi connectivity index (χ2n) is 4.76. The molecule has 1 aromatic carbocycles. The van der Waals surface area contributed by atoms with Crippen LogP contribution in [0.3, 0.4) is 0 Å². The van der Waals surface area contributed by atoms with E-state index in [-0.39, 0.29) is 0 Å². The van der Waals surface area contributed by atoms with Crippen LogP contribution in [0.2, 0.25) is 0 Å². The van der Waals surface area contributed by atoms with Crippen molar-refractivity contribution in [2.75, 3.05) is 10.6 Å². The maximum atomic E-state index is 8.58. The van der Waals surface area contributed by atoms with Gasteiger partial charge in [-0.15, -0.1) is 0 Å². The summed E-state index contributed by atoms with van der Waals surface area (Å²) in [6.45, 7) is 7.02. The van der Waals surface area contributed by atoms with Gasteiger partial charge in [-0.25, -0.2) is 9.97 Å². The number of aryl methyl sites for hydroxylation is 3. The molecule has 1 heterocycles. The molecule has 0 bridgehead atoms. The van der Waals surface area contributed by atoms with Gasteiger partial charge >= 0.3 is 0 Å². The Balaban J connectivity index is 2.13. The number of anilines is 2.